The van der Waals surface area contributed by atoms with Crippen molar-refractivity contribution in [3.05, 3.63) is 59.9 Å². The molecule has 0 bridgehead atoms. The predicted molar refractivity (Wildman–Crippen MR) is 109 cm³/mol. The fourth-order valence-corrected chi connectivity index (χ4v) is 3.57. The van der Waals surface area contributed by atoms with Gasteiger partial charge < -0.3 is 9.80 Å². The lowest BCUT2D eigenvalue weighted by atomic mass is 10.1. The highest BCUT2D eigenvalue weighted by Crippen LogP contribution is 2.22. The molecule has 6 heteroatoms. The van der Waals surface area contributed by atoms with E-state index in [1.807, 2.05) is 60.0 Å². The maximum atomic E-state index is 14.2. The maximum Gasteiger partial charge on any atom is 0.241 e. The average Bonchev–Trinajstić information content (AvgIpc) is 2.69. The summed E-state index contributed by atoms with van der Waals surface area (Å²) in [6, 6.07) is 16.3. The molecule has 5 nitrogen and oxygen atoms in total. The van der Waals surface area contributed by atoms with Crippen LogP contribution < -0.4 is 9.80 Å². The Morgan fingerprint density at radius 3 is 2.39 bits per heavy atom. The maximum absolute atomic E-state index is 14.2. The molecule has 1 amide bonds. The third-order valence-corrected chi connectivity index (χ3v) is 4.97. The zero-order valence-electron chi connectivity index (χ0n) is 16.3. The van der Waals surface area contributed by atoms with Gasteiger partial charge in [-0.2, -0.15) is 5.26 Å². The van der Waals surface area contributed by atoms with Crippen LogP contribution in [0.25, 0.3) is 0 Å². The number of nitriles is 1. The highest BCUT2D eigenvalue weighted by Gasteiger charge is 2.25. The fourth-order valence-electron chi connectivity index (χ4n) is 3.57. The molecule has 0 aliphatic carbocycles. The second kappa shape index (κ2) is 8.85. The van der Waals surface area contributed by atoms with Crippen molar-refractivity contribution < 1.29 is 9.18 Å². The van der Waals surface area contributed by atoms with Gasteiger partial charge in [-0.3, -0.25) is 9.69 Å². The first kappa shape index (κ1) is 19.8. The Bertz CT molecular complexity index is 855. The summed E-state index contributed by atoms with van der Waals surface area (Å²) >= 11 is 0. The van der Waals surface area contributed by atoms with Crippen LogP contribution in [-0.4, -0.2) is 49.6 Å². The van der Waals surface area contributed by atoms with Gasteiger partial charge in [-0.05, 0) is 44.2 Å². The molecule has 2 aromatic rings. The number of piperazine rings is 1. The summed E-state index contributed by atoms with van der Waals surface area (Å²) in [5, 5.41) is 8.88. The molecule has 0 aromatic heterocycles. The molecule has 1 saturated heterocycles. The van der Waals surface area contributed by atoms with Crippen molar-refractivity contribution in [3.63, 3.8) is 0 Å². The van der Waals surface area contributed by atoms with Gasteiger partial charge in [0.25, 0.3) is 0 Å². The fraction of sp³-hybridized carbons (Fsp3) is 0.364. The van der Waals surface area contributed by atoms with Gasteiger partial charge in [0.05, 0.1) is 23.9 Å². The number of amides is 1. The lowest BCUT2D eigenvalue weighted by molar-refractivity contribution is -0.120. The Hall–Kier alpha value is -2.91. The van der Waals surface area contributed by atoms with Crippen LogP contribution in [0.15, 0.2) is 48.5 Å². The lowest BCUT2D eigenvalue weighted by Crippen LogP contribution is -2.51. The molecule has 0 saturated carbocycles. The molecule has 1 aliphatic rings. The summed E-state index contributed by atoms with van der Waals surface area (Å²) in [7, 11) is 0. The van der Waals surface area contributed by atoms with E-state index in [1.54, 1.807) is 12.1 Å². The SMILES string of the molecule is CC(C)N(C(=O)CN1CCN(c2ccc(C#N)cc2F)CC1)c1ccccc1. The zero-order chi connectivity index (χ0) is 20.1. The van der Waals surface area contributed by atoms with Crippen LogP contribution in [0.1, 0.15) is 19.4 Å². The largest absolute Gasteiger partial charge is 0.367 e. The van der Waals surface area contributed by atoms with E-state index in [0.29, 0.717) is 44.0 Å². The predicted octanol–water partition coefficient (Wildman–Crippen LogP) is 3.26. The number of hydrogen-bond donors (Lipinski definition) is 0. The molecule has 0 N–H and O–H groups in total. The Kier molecular flexibility index (Phi) is 6.27. The summed E-state index contributed by atoms with van der Waals surface area (Å²) < 4.78 is 14.2. The Labute approximate surface area is 165 Å². The molecule has 3 rings (SSSR count). The van der Waals surface area contributed by atoms with Gasteiger partial charge in [-0.1, -0.05) is 18.2 Å². The zero-order valence-corrected chi connectivity index (χ0v) is 16.3. The van der Waals surface area contributed by atoms with E-state index < -0.39 is 0 Å². The second-order valence-electron chi connectivity index (χ2n) is 7.23. The quantitative estimate of drug-likeness (QED) is 0.799. The van der Waals surface area contributed by atoms with E-state index in [1.165, 1.54) is 6.07 Å². The first-order chi connectivity index (χ1) is 13.5. The highest BCUT2D eigenvalue weighted by atomic mass is 19.1. The number of nitrogens with zero attached hydrogens (tertiary/aromatic N) is 4. The number of anilines is 2. The van der Waals surface area contributed by atoms with Crippen molar-refractivity contribution in [1.82, 2.24) is 4.90 Å². The van der Waals surface area contributed by atoms with Crippen molar-refractivity contribution in [2.75, 3.05) is 42.5 Å². The Balaban J connectivity index is 1.61. The first-order valence-electron chi connectivity index (χ1n) is 9.53. The topological polar surface area (TPSA) is 50.6 Å². The van der Waals surface area contributed by atoms with E-state index in [-0.39, 0.29) is 17.8 Å². The molecular formula is C22H25FN4O. The monoisotopic (exact) mass is 380 g/mol. The van der Waals surface area contributed by atoms with Crippen molar-refractivity contribution in [1.29, 1.82) is 5.26 Å². The smallest absolute Gasteiger partial charge is 0.241 e. The van der Waals surface area contributed by atoms with Crippen LogP contribution in [0.2, 0.25) is 0 Å². The molecule has 0 radical (unpaired) electrons. The molecule has 1 heterocycles. The van der Waals surface area contributed by atoms with Crippen LogP contribution in [0.3, 0.4) is 0 Å². The van der Waals surface area contributed by atoms with E-state index in [0.717, 1.165) is 5.69 Å². The van der Waals surface area contributed by atoms with E-state index in [9.17, 15) is 9.18 Å². The van der Waals surface area contributed by atoms with Crippen molar-refractivity contribution in [2.45, 2.75) is 19.9 Å². The van der Waals surface area contributed by atoms with Gasteiger partial charge in [-0.15, -0.1) is 0 Å². The van der Waals surface area contributed by atoms with Crippen LogP contribution in [-0.2, 0) is 4.79 Å². The molecule has 0 unspecified atom stereocenters. The number of para-hydroxylation sites is 1. The second-order valence-corrected chi connectivity index (χ2v) is 7.23. The highest BCUT2D eigenvalue weighted by molar-refractivity contribution is 5.95. The number of carbonyl (C=O) groups excluding carboxylic acids is 1. The van der Waals surface area contributed by atoms with Gasteiger partial charge in [-0.25, -0.2) is 4.39 Å². The summed E-state index contributed by atoms with van der Waals surface area (Å²) in [6.07, 6.45) is 0. The summed E-state index contributed by atoms with van der Waals surface area (Å²) in [4.78, 5) is 18.8. The molecule has 0 atom stereocenters. The van der Waals surface area contributed by atoms with Gasteiger partial charge in [0.15, 0.2) is 0 Å². The van der Waals surface area contributed by atoms with Crippen molar-refractivity contribution in [2.24, 2.45) is 0 Å². The molecular weight excluding hydrogens is 355 g/mol. The summed E-state index contributed by atoms with van der Waals surface area (Å²) in [5.74, 6) is -0.308. The number of rotatable bonds is 5. The molecule has 0 spiro atoms. The molecule has 2 aromatic carbocycles. The number of hydrogen-bond acceptors (Lipinski definition) is 4. The first-order valence-corrected chi connectivity index (χ1v) is 9.53. The lowest BCUT2D eigenvalue weighted by Gasteiger charge is -2.37. The minimum atomic E-state index is -0.376. The van der Waals surface area contributed by atoms with E-state index in [2.05, 4.69) is 4.90 Å². The molecule has 28 heavy (non-hydrogen) atoms. The molecule has 1 aliphatic heterocycles. The standard InChI is InChI=1S/C22H25FN4O/c1-17(2)27(19-6-4-3-5-7-19)22(28)16-25-10-12-26(13-11-25)21-9-8-18(15-24)14-20(21)23/h3-9,14,17H,10-13,16H2,1-2H3. The van der Waals surface area contributed by atoms with E-state index >= 15 is 0 Å². The minimum Gasteiger partial charge on any atom is -0.367 e. The van der Waals surface area contributed by atoms with Crippen LogP contribution in [0.5, 0.6) is 0 Å². The average molecular weight is 380 g/mol. The number of benzene rings is 2. The van der Waals surface area contributed by atoms with Crippen molar-refractivity contribution >= 4 is 17.3 Å². The van der Waals surface area contributed by atoms with Crippen LogP contribution in [0.4, 0.5) is 15.8 Å². The Morgan fingerprint density at radius 2 is 1.82 bits per heavy atom. The number of halogens is 1. The number of carbonyl (C=O) groups is 1. The third kappa shape index (κ3) is 4.49. The Morgan fingerprint density at radius 1 is 1.14 bits per heavy atom. The van der Waals surface area contributed by atoms with Crippen molar-refractivity contribution in [3.8, 4) is 6.07 Å². The third-order valence-electron chi connectivity index (χ3n) is 4.97. The van der Waals surface area contributed by atoms with Gasteiger partial charge >= 0.3 is 0 Å². The van der Waals surface area contributed by atoms with Gasteiger partial charge in [0.1, 0.15) is 5.82 Å². The summed E-state index contributed by atoms with van der Waals surface area (Å²) in [6.45, 7) is 7.02. The summed E-state index contributed by atoms with van der Waals surface area (Å²) in [5.41, 5.74) is 1.74. The van der Waals surface area contributed by atoms with Gasteiger partial charge in [0.2, 0.25) is 5.91 Å². The molecule has 1 fully saturated rings. The van der Waals surface area contributed by atoms with Gasteiger partial charge in [0, 0.05) is 37.9 Å². The molecule has 146 valence electrons. The van der Waals surface area contributed by atoms with Crippen LogP contribution >= 0.6 is 0 Å². The van der Waals surface area contributed by atoms with E-state index in [4.69, 9.17) is 5.26 Å². The van der Waals surface area contributed by atoms with Crippen LogP contribution in [0, 0.1) is 17.1 Å². The normalized spacial score (nSPS) is 14.8. The minimum absolute atomic E-state index is 0.0687.